The maximum absolute atomic E-state index is 13.2. The first-order valence-electron chi connectivity index (χ1n) is 9.42. The average Bonchev–Trinajstić information content (AvgIpc) is 3.17. The zero-order valence-corrected chi connectivity index (χ0v) is 15.5. The van der Waals surface area contributed by atoms with Gasteiger partial charge in [0.1, 0.15) is 0 Å². The highest BCUT2D eigenvalue weighted by molar-refractivity contribution is 7.89. The number of rotatable bonds is 3. The van der Waals surface area contributed by atoms with Crippen LogP contribution in [0.3, 0.4) is 0 Å². The maximum atomic E-state index is 13.2. The molecule has 2 aliphatic heterocycles. The van der Waals surface area contributed by atoms with E-state index in [1.165, 1.54) is 6.42 Å². The third-order valence-electron chi connectivity index (χ3n) is 6.07. The van der Waals surface area contributed by atoms with Crippen LogP contribution >= 0.6 is 0 Å². The van der Waals surface area contributed by atoms with Crippen LogP contribution in [0.1, 0.15) is 51.9 Å². The van der Waals surface area contributed by atoms with Gasteiger partial charge in [-0.05, 0) is 62.8 Å². The number of fused-ring (bicyclic) bond motifs is 1. The van der Waals surface area contributed by atoms with E-state index in [2.05, 4.69) is 0 Å². The van der Waals surface area contributed by atoms with E-state index in [9.17, 15) is 13.2 Å². The number of carbonyl (C=O) groups is 1. The Morgan fingerprint density at radius 1 is 1.04 bits per heavy atom. The van der Waals surface area contributed by atoms with Gasteiger partial charge in [0.15, 0.2) is 0 Å². The minimum absolute atomic E-state index is 0.0675. The number of hydrogen-bond acceptors (Lipinski definition) is 3. The van der Waals surface area contributed by atoms with Crippen molar-refractivity contribution >= 4 is 21.6 Å². The van der Waals surface area contributed by atoms with Crippen molar-refractivity contribution in [2.45, 2.75) is 68.8 Å². The van der Waals surface area contributed by atoms with Crippen molar-refractivity contribution in [2.75, 3.05) is 11.4 Å². The van der Waals surface area contributed by atoms with Crippen LogP contribution in [0, 0.1) is 5.92 Å². The number of carbonyl (C=O) groups excluding carboxylic acids is 1. The second-order valence-electron chi connectivity index (χ2n) is 7.67. The first kappa shape index (κ1) is 17.0. The highest BCUT2D eigenvalue weighted by atomic mass is 32.2. The van der Waals surface area contributed by atoms with Gasteiger partial charge in [-0.2, -0.15) is 4.31 Å². The van der Waals surface area contributed by atoms with Gasteiger partial charge >= 0.3 is 0 Å². The number of sulfonamides is 1. The van der Waals surface area contributed by atoms with Gasteiger partial charge in [-0.15, -0.1) is 0 Å². The van der Waals surface area contributed by atoms with Crippen LogP contribution in [0.25, 0.3) is 0 Å². The Morgan fingerprint density at radius 2 is 1.76 bits per heavy atom. The molecule has 1 aromatic rings. The lowest BCUT2D eigenvalue weighted by Crippen LogP contribution is -2.42. The van der Waals surface area contributed by atoms with Crippen molar-refractivity contribution in [3.8, 4) is 0 Å². The first-order chi connectivity index (χ1) is 12.0. The van der Waals surface area contributed by atoms with Crippen LogP contribution < -0.4 is 4.90 Å². The molecule has 0 aromatic heterocycles. The van der Waals surface area contributed by atoms with Gasteiger partial charge in [-0.3, -0.25) is 4.79 Å². The summed E-state index contributed by atoms with van der Waals surface area (Å²) in [6.07, 6.45) is 6.90. The van der Waals surface area contributed by atoms with Crippen LogP contribution in [0.5, 0.6) is 0 Å². The molecule has 5 nitrogen and oxygen atoms in total. The summed E-state index contributed by atoms with van der Waals surface area (Å²) >= 11 is 0. The zero-order valence-electron chi connectivity index (χ0n) is 14.7. The summed E-state index contributed by atoms with van der Waals surface area (Å²) in [7, 11) is -3.48. The number of benzene rings is 1. The fourth-order valence-electron chi connectivity index (χ4n) is 4.92. The molecule has 6 heteroatoms. The summed E-state index contributed by atoms with van der Waals surface area (Å²) in [5.74, 6) is 0.633. The highest BCUT2D eigenvalue weighted by Crippen LogP contribution is 2.42. The number of nitrogens with zero attached hydrogens (tertiary/aromatic N) is 2. The van der Waals surface area contributed by atoms with Gasteiger partial charge < -0.3 is 4.90 Å². The van der Waals surface area contributed by atoms with E-state index >= 15 is 0 Å². The Bertz CT molecular complexity index is 759. The van der Waals surface area contributed by atoms with Gasteiger partial charge in [-0.25, -0.2) is 8.42 Å². The molecule has 1 aromatic carbocycles. The molecule has 0 bridgehead atoms. The van der Waals surface area contributed by atoms with Crippen LogP contribution in [0.15, 0.2) is 29.2 Å². The normalized spacial score (nSPS) is 30.7. The monoisotopic (exact) mass is 362 g/mol. The molecule has 2 heterocycles. The van der Waals surface area contributed by atoms with E-state index in [1.807, 2.05) is 6.92 Å². The predicted molar refractivity (Wildman–Crippen MR) is 96.9 cm³/mol. The lowest BCUT2D eigenvalue weighted by molar-refractivity contribution is -0.117. The summed E-state index contributed by atoms with van der Waals surface area (Å²) < 4.78 is 28.3. The van der Waals surface area contributed by atoms with Gasteiger partial charge in [0.2, 0.25) is 15.9 Å². The molecule has 3 fully saturated rings. The van der Waals surface area contributed by atoms with E-state index in [1.54, 1.807) is 33.5 Å². The fourth-order valence-corrected chi connectivity index (χ4v) is 6.84. The van der Waals surface area contributed by atoms with E-state index in [0.29, 0.717) is 17.2 Å². The lowest BCUT2D eigenvalue weighted by atomic mass is 9.85. The molecule has 25 heavy (non-hydrogen) atoms. The largest absolute Gasteiger partial charge is 0.312 e. The molecule has 0 unspecified atom stereocenters. The molecule has 1 aliphatic carbocycles. The molecular formula is C19H26N2O3S. The van der Waals surface area contributed by atoms with Crippen molar-refractivity contribution in [3.63, 3.8) is 0 Å². The average molecular weight is 362 g/mol. The minimum Gasteiger partial charge on any atom is -0.312 e. The van der Waals surface area contributed by atoms with E-state index in [0.717, 1.165) is 44.3 Å². The van der Waals surface area contributed by atoms with E-state index in [4.69, 9.17) is 0 Å². The smallest absolute Gasteiger partial charge is 0.243 e. The van der Waals surface area contributed by atoms with Gasteiger partial charge in [0.25, 0.3) is 0 Å². The third kappa shape index (κ3) is 2.89. The standard InChI is InChI=1S/C19H26N2O3S/c1-14-13-15-5-2-3-6-18(15)21(14)25(23,24)17-10-8-16(9-11-17)20-12-4-7-19(20)22/h8-11,14-15,18H,2-7,12-13H2,1H3/t14-,15-,18-/m1/s1. The van der Waals surface area contributed by atoms with Crippen LogP contribution in [-0.2, 0) is 14.8 Å². The van der Waals surface area contributed by atoms with E-state index < -0.39 is 10.0 Å². The predicted octanol–water partition coefficient (Wildman–Crippen LogP) is 3.16. The number of anilines is 1. The fraction of sp³-hybridized carbons (Fsp3) is 0.632. The minimum atomic E-state index is -3.48. The topological polar surface area (TPSA) is 57.7 Å². The van der Waals surface area contributed by atoms with Crippen LogP contribution in [0.4, 0.5) is 5.69 Å². The Morgan fingerprint density at radius 3 is 2.44 bits per heavy atom. The van der Waals surface area contributed by atoms with Crippen molar-refractivity contribution in [1.82, 2.24) is 4.31 Å². The quantitative estimate of drug-likeness (QED) is 0.830. The molecule has 1 saturated carbocycles. The Balaban J connectivity index is 1.60. The Hall–Kier alpha value is -1.40. The molecule has 1 amide bonds. The van der Waals surface area contributed by atoms with Gasteiger partial charge in [0, 0.05) is 30.7 Å². The van der Waals surface area contributed by atoms with Crippen molar-refractivity contribution in [2.24, 2.45) is 5.92 Å². The van der Waals surface area contributed by atoms with Crippen LogP contribution in [-0.4, -0.2) is 37.3 Å². The molecular weight excluding hydrogens is 336 g/mol. The SMILES string of the molecule is C[C@@H]1C[C@H]2CCCC[C@H]2N1S(=O)(=O)c1ccc(N2CCCC2=O)cc1. The van der Waals surface area contributed by atoms with Gasteiger partial charge in [-0.1, -0.05) is 12.8 Å². The summed E-state index contributed by atoms with van der Waals surface area (Å²) in [4.78, 5) is 14.0. The molecule has 0 N–H and O–H groups in total. The molecule has 3 aliphatic rings. The number of amides is 1. The molecule has 2 saturated heterocycles. The summed E-state index contributed by atoms with van der Waals surface area (Å²) in [6.45, 7) is 2.75. The molecule has 0 spiro atoms. The molecule has 136 valence electrons. The van der Waals surface area contributed by atoms with E-state index in [-0.39, 0.29) is 18.0 Å². The maximum Gasteiger partial charge on any atom is 0.243 e. The summed E-state index contributed by atoms with van der Waals surface area (Å²) in [5.41, 5.74) is 0.798. The third-order valence-corrected chi connectivity index (χ3v) is 8.12. The number of hydrogen-bond donors (Lipinski definition) is 0. The molecule has 3 atom stereocenters. The lowest BCUT2D eigenvalue weighted by Gasteiger charge is -2.32. The summed E-state index contributed by atoms with van der Waals surface area (Å²) in [6, 6.07) is 7.11. The van der Waals surface area contributed by atoms with Crippen molar-refractivity contribution in [1.29, 1.82) is 0 Å². The van der Waals surface area contributed by atoms with Crippen LogP contribution in [0.2, 0.25) is 0 Å². The highest BCUT2D eigenvalue weighted by Gasteiger charge is 2.46. The molecule has 0 radical (unpaired) electrons. The Labute approximate surface area is 150 Å². The van der Waals surface area contributed by atoms with Gasteiger partial charge in [0.05, 0.1) is 4.90 Å². The zero-order chi connectivity index (χ0) is 17.6. The summed E-state index contributed by atoms with van der Waals surface area (Å²) in [5, 5.41) is 0. The first-order valence-corrected chi connectivity index (χ1v) is 10.9. The second kappa shape index (κ2) is 6.40. The van der Waals surface area contributed by atoms with Crippen molar-refractivity contribution < 1.29 is 13.2 Å². The second-order valence-corrected chi connectivity index (χ2v) is 9.52. The van der Waals surface area contributed by atoms with Crippen molar-refractivity contribution in [3.05, 3.63) is 24.3 Å². The molecule has 4 rings (SSSR count). The Kier molecular flexibility index (Phi) is 4.36.